The number of aliphatic hydroxyl groups is 1. The maximum atomic E-state index is 11.7. The largest absolute Gasteiger partial charge is 0.512 e. The summed E-state index contributed by atoms with van der Waals surface area (Å²) in [5, 5.41) is 15.0. The van der Waals surface area contributed by atoms with E-state index in [1.807, 2.05) is 39.0 Å². The second kappa shape index (κ2) is 17.4. The maximum absolute atomic E-state index is 11.7. The number of ketones is 1. The number of benzene rings is 3. The Bertz CT molecular complexity index is 1970. The molecule has 1 aliphatic carbocycles. The summed E-state index contributed by atoms with van der Waals surface area (Å²) >= 11 is 1.85. The Kier molecular flexibility index (Phi) is 14.0. The van der Waals surface area contributed by atoms with Crippen LogP contribution in [0.1, 0.15) is 104 Å². The number of thiophene rings is 1. The molecule has 275 valence electrons. The van der Waals surface area contributed by atoms with E-state index in [0.717, 1.165) is 42.5 Å². The van der Waals surface area contributed by atoms with E-state index in [4.69, 9.17) is 9.97 Å². The van der Waals surface area contributed by atoms with Crippen molar-refractivity contribution in [1.82, 2.24) is 9.97 Å². The molecule has 6 rings (SSSR count). The number of fused-ring (bicyclic) bond motifs is 4. The molecule has 2 aromatic heterocycles. The first kappa shape index (κ1) is 41.1. The number of allylic oxidation sites excluding steroid dienone is 2. The van der Waals surface area contributed by atoms with Crippen LogP contribution >= 0.6 is 11.3 Å². The van der Waals surface area contributed by atoms with Gasteiger partial charge in [-0.05, 0) is 74.3 Å². The number of aliphatic hydroxyl groups excluding tert-OH is 1. The summed E-state index contributed by atoms with van der Waals surface area (Å²) in [7, 11) is -1.56. The molecule has 0 amide bonds. The van der Waals surface area contributed by atoms with Gasteiger partial charge in [0.2, 0.25) is 0 Å². The molecule has 1 radical (unpaired) electrons. The van der Waals surface area contributed by atoms with Gasteiger partial charge in [0.25, 0.3) is 0 Å². The summed E-state index contributed by atoms with van der Waals surface area (Å²) in [6.07, 6.45) is 11.9. The Morgan fingerprint density at radius 2 is 1.59 bits per heavy atom. The summed E-state index contributed by atoms with van der Waals surface area (Å²) < 4.78 is 2.51. The van der Waals surface area contributed by atoms with Crippen LogP contribution in [0.2, 0.25) is 19.6 Å². The molecule has 3 aromatic carbocycles. The molecule has 1 N–H and O–H groups in total. The second-order valence-electron chi connectivity index (χ2n) is 16.1. The average molecular weight is 898 g/mol. The molecule has 51 heavy (non-hydrogen) atoms. The Morgan fingerprint density at radius 3 is 2.22 bits per heavy atom. The first-order chi connectivity index (χ1) is 23.8. The van der Waals surface area contributed by atoms with Crippen LogP contribution in [0.4, 0.5) is 0 Å². The predicted molar refractivity (Wildman–Crippen MR) is 219 cm³/mol. The SMILES string of the molecule is CC1(C)CCC(c2ccc3c(c2)sc2c(-c4[c-]c5ccccc5c([Si](C)(C)C)c4)ncnc23)CC1.CCC(CC)C(=O)/C=C(\O)C(CC)CC.[Ir]. The van der Waals surface area contributed by atoms with Crippen LogP contribution in [0.25, 0.3) is 42.3 Å². The minimum Gasteiger partial charge on any atom is -0.512 e. The molecule has 0 bridgehead atoms. The Morgan fingerprint density at radius 1 is 0.941 bits per heavy atom. The quantitative estimate of drug-likeness (QED) is 0.0656. The Hall–Kier alpha value is -2.70. The van der Waals surface area contributed by atoms with Gasteiger partial charge in [-0.25, -0.2) is 4.98 Å². The summed E-state index contributed by atoms with van der Waals surface area (Å²) in [6.45, 7) is 20.2. The van der Waals surface area contributed by atoms with E-state index in [1.165, 1.54) is 68.1 Å². The molecule has 1 saturated carbocycles. The maximum Gasteiger partial charge on any atom is 0.162 e. The number of aromatic nitrogens is 2. The van der Waals surface area contributed by atoms with E-state index >= 15 is 0 Å². The molecular weight excluding hydrogens is 841 g/mol. The Balaban J connectivity index is 0.000000312. The van der Waals surface area contributed by atoms with Gasteiger partial charge in [-0.3, -0.25) is 9.78 Å². The fourth-order valence-corrected chi connectivity index (χ4v) is 10.3. The van der Waals surface area contributed by atoms with Gasteiger partial charge in [0.1, 0.15) is 6.33 Å². The fourth-order valence-electron chi connectivity index (χ4n) is 7.53. The fraction of sp³-hybridized carbons (Fsp3) is 0.477. The number of rotatable bonds is 10. The van der Waals surface area contributed by atoms with Crippen LogP contribution in [0.15, 0.2) is 66.7 Å². The summed E-state index contributed by atoms with van der Waals surface area (Å²) in [6, 6.07) is 21.8. The van der Waals surface area contributed by atoms with Gasteiger partial charge in [0.05, 0.1) is 19.3 Å². The zero-order chi connectivity index (χ0) is 36.2. The summed E-state index contributed by atoms with van der Waals surface area (Å²) in [4.78, 5) is 21.3. The van der Waals surface area contributed by atoms with Gasteiger partial charge >= 0.3 is 0 Å². The van der Waals surface area contributed by atoms with E-state index in [9.17, 15) is 9.90 Å². The molecule has 0 saturated heterocycles. The minimum absolute atomic E-state index is 0. The van der Waals surface area contributed by atoms with E-state index in [1.54, 1.807) is 6.33 Å². The van der Waals surface area contributed by atoms with Crippen molar-refractivity contribution < 1.29 is 30.0 Å². The third-order valence-electron chi connectivity index (χ3n) is 11.0. The molecule has 0 aliphatic heterocycles. The molecule has 7 heteroatoms. The van der Waals surface area contributed by atoms with Crippen LogP contribution in [0.5, 0.6) is 0 Å². The molecule has 1 aliphatic rings. The van der Waals surface area contributed by atoms with Crippen LogP contribution < -0.4 is 5.19 Å². The van der Waals surface area contributed by atoms with Gasteiger partial charge in [-0.1, -0.05) is 102 Å². The molecule has 0 unspecified atom stereocenters. The van der Waals surface area contributed by atoms with Crippen molar-refractivity contribution in [1.29, 1.82) is 0 Å². The first-order valence-electron chi connectivity index (χ1n) is 18.9. The summed E-state index contributed by atoms with van der Waals surface area (Å²) in [5.41, 5.74) is 5.17. The third-order valence-corrected chi connectivity index (χ3v) is 14.2. The zero-order valence-electron chi connectivity index (χ0n) is 32.2. The monoisotopic (exact) mass is 898 g/mol. The molecule has 0 atom stereocenters. The topological polar surface area (TPSA) is 63.1 Å². The van der Waals surface area contributed by atoms with E-state index in [2.05, 4.69) is 88.1 Å². The van der Waals surface area contributed by atoms with Gasteiger partial charge in [-0.15, -0.1) is 40.1 Å². The number of carbonyl (C=O) groups is 1. The van der Waals surface area contributed by atoms with Crippen LogP contribution in [0, 0.1) is 23.3 Å². The van der Waals surface area contributed by atoms with E-state index in [-0.39, 0.29) is 43.5 Å². The standard InChI is InChI=1S/C31H33N2SSi.C13H24O2.Ir/c1-31(2)14-12-20(13-15-31)21-10-11-25-26(17-21)34-30-28(32-19-33-29(25)30)23-16-22-8-6-7-9-24(22)27(18-23)35(3,4)5;1-5-10(6-2)12(14)9-13(15)11(7-3)8-4;/h6-11,17-20H,12-15H2,1-5H3;9-11,14H,5-8H2,1-4H3;/q-1;;/b;12-9-;. The van der Waals surface area contributed by atoms with Gasteiger partial charge in [0, 0.05) is 58.5 Å². The van der Waals surface area contributed by atoms with Crippen molar-refractivity contribution in [3.05, 3.63) is 78.3 Å². The molecule has 2 heterocycles. The van der Waals surface area contributed by atoms with Crippen molar-refractivity contribution in [3.63, 3.8) is 0 Å². The van der Waals surface area contributed by atoms with Gasteiger partial charge in [-0.2, -0.15) is 0 Å². The first-order valence-corrected chi connectivity index (χ1v) is 23.2. The van der Waals surface area contributed by atoms with Crippen molar-refractivity contribution in [3.8, 4) is 11.3 Å². The van der Waals surface area contributed by atoms with Crippen LogP contribution in [-0.4, -0.2) is 28.9 Å². The number of carbonyl (C=O) groups excluding carboxylic acids is 1. The van der Waals surface area contributed by atoms with E-state index in [0.29, 0.717) is 11.3 Å². The van der Waals surface area contributed by atoms with Gasteiger partial charge in [0.15, 0.2) is 5.78 Å². The third kappa shape index (κ3) is 9.46. The molecule has 0 spiro atoms. The second-order valence-corrected chi connectivity index (χ2v) is 22.2. The predicted octanol–water partition coefficient (Wildman–Crippen LogP) is 12.6. The number of nitrogens with zero attached hydrogens (tertiary/aromatic N) is 2. The van der Waals surface area contributed by atoms with Crippen molar-refractivity contribution in [2.75, 3.05) is 0 Å². The van der Waals surface area contributed by atoms with E-state index < -0.39 is 8.07 Å². The summed E-state index contributed by atoms with van der Waals surface area (Å²) in [5.74, 6) is 1.22. The molecular formula is C44H57IrN2O2SSi-. The molecule has 1 fully saturated rings. The molecule has 5 aromatic rings. The average Bonchev–Trinajstić information content (AvgIpc) is 3.47. The van der Waals surface area contributed by atoms with Crippen molar-refractivity contribution >= 4 is 61.5 Å². The smallest absolute Gasteiger partial charge is 0.162 e. The van der Waals surface area contributed by atoms with Crippen LogP contribution in [0.3, 0.4) is 0 Å². The van der Waals surface area contributed by atoms with Crippen molar-refractivity contribution in [2.24, 2.45) is 17.3 Å². The normalized spacial score (nSPS) is 15.3. The number of hydrogen-bond acceptors (Lipinski definition) is 5. The zero-order valence-corrected chi connectivity index (χ0v) is 36.4. The minimum atomic E-state index is -1.56. The van der Waals surface area contributed by atoms with Crippen molar-refractivity contribution in [2.45, 2.75) is 118 Å². The number of hydrogen-bond donors (Lipinski definition) is 1. The Labute approximate surface area is 324 Å². The van der Waals surface area contributed by atoms with Crippen LogP contribution in [-0.2, 0) is 24.9 Å². The van der Waals surface area contributed by atoms with Gasteiger partial charge < -0.3 is 5.11 Å². The molecule has 4 nitrogen and oxygen atoms in total.